The molecule has 1 heterocycles. The summed E-state index contributed by atoms with van der Waals surface area (Å²) < 4.78 is 7.43. The normalized spacial score (nSPS) is 13.2. The van der Waals surface area contributed by atoms with Crippen LogP contribution in [0.15, 0.2) is 30.5 Å². The van der Waals surface area contributed by atoms with Crippen molar-refractivity contribution in [1.29, 1.82) is 0 Å². The van der Waals surface area contributed by atoms with Gasteiger partial charge in [-0.2, -0.15) is 0 Å². The van der Waals surface area contributed by atoms with Gasteiger partial charge in [-0.25, -0.2) is 0 Å². The Morgan fingerprint density at radius 3 is 2.88 bits per heavy atom. The molecule has 0 amide bonds. The van der Waals surface area contributed by atoms with E-state index in [0.29, 0.717) is 19.2 Å². The SMILES string of the molecule is COCC(C)n1ccc2cccc(CN)c21. The van der Waals surface area contributed by atoms with E-state index in [0.717, 1.165) is 0 Å². The van der Waals surface area contributed by atoms with Crippen molar-refractivity contribution in [3.63, 3.8) is 0 Å². The maximum absolute atomic E-state index is 5.77. The number of benzene rings is 1. The van der Waals surface area contributed by atoms with Gasteiger partial charge in [-0.1, -0.05) is 18.2 Å². The standard InChI is InChI=1S/C13H18N2O/c1-10(9-16-2)15-7-6-11-4-3-5-12(8-14)13(11)15/h3-7,10H,8-9,14H2,1-2H3. The molecule has 2 rings (SSSR count). The Labute approximate surface area is 95.8 Å². The Morgan fingerprint density at radius 2 is 2.19 bits per heavy atom. The fourth-order valence-electron chi connectivity index (χ4n) is 2.15. The summed E-state index contributed by atoms with van der Waals surface area (Å²) >= 11 is 0. The molecule has 1 aromatic heterocycles. The fourth-order valence-corrected chi connectivity index (χ4v) is 2.15. The van der Waals surface area contributed by atoms with Crippen LogP contribution < -0.4 is 5.73 Å². The molecule has 1 aromatic carbocycles. The number of hydrogen-bond donors (Lipinski definition) is 1. The van der Waals surface area contributed by atoms with Gasteiger partial charge in [0.1, 0.15) is 0 Å². The highest BCUT2D eigenvalue weighted by Crippen LogP contribution is 2.23. The van der Waals surface area contributed by atoms with E-state index in [-0.39, 0.29) is 0 Å². The maximum atomic E-state index is 5.77. The summed E-state index contributed by atoms with van der Waals surface area (Å²) in [5.41, 5.74) is 8.19. The maximum Gasteiger partial charge on any atom is 0.0667 e. The molecule has 2 aromatic rings. The number of aromatic nitrogens is 1. The van der Waals surface area contributed by atoms with Gasteiger partial charge in [-0.15, -0.1) is 0 Å². The van der Waals surface area contributed by atoms with Crippen molar-refractivity contribution < 1.29 is 4.74 Å². The van der Waals surface area contributed by atoms with Crippen molar-refractivity contribution in [2.24, 2.45) is 5.73 Å². The van der Waals surface area contributed by atoms with E-state index >= 15 is 0 Å². The van der Waals surface area contributed by atoms with E-state index in [1.807, 2.05) is 0 Å². The summed E-state index contributed by atoms with van der Waals surface area (Å²) in [6.07, 6.45) is 2.10. The lowest BCUT2D eigenvalue weighted by molar-refractivity contribution is 0.164. The minimum atomic E-state index is 0.329. The summed E-state index contributed by atoms with van der Waals surface area (Å²) in [7, 11) is 1.73. The van der Waals surface area contributed by atoms with Gasteiger partial charge in [-0.05, 0) is 23.9 Å². The second kappa shape index (κ2) is 4.68. The Kier molecular flexibility index (Phi) is 3.27. The predicted molar refractivity (Wildman–Crippen MR) is 66.4 cm³/mol. The highest BCUT2D eigenvalue weighted by atomic mass is 16.5. The molecule has 2 N–H and O–H groups in total. The molecule has 0 radical (unpaired) electrons. The predicted octanol–water partition coefficient (Wildman–Crippen LogP) is 2.31. The molecule has 1 atom stereocenters. The van der Waals surface area contributed by atoms with Gasteiger partial charge < -0.3 is 15.0 Å². The number of methoxy groups -OCH3 is 1. The monoisotopic (exact) mass is 218 g/mol. The topological polar surface area (TPSA) is 40.2 Å². The van der Waals surface area contributed by atoms with Crippen molar-refractivity contribution in [3.05, 3.63) is 36.0 Å². The first-order valence-electron chi connectivity index (χ1n) is 5.55. The summed E-state index contributed by atoms with van der Waals surface area (Å²) in [5, 5.41) is 1.24. The molecule has 0 aliphatic heterocycles. The van der Waals surface area contributed by atoms with E-state index in [1.54, 1.807) is 7.11 Å². The minimum absolute atomic E-state index is 0.329. The molecular weight excluding hydrogens is 200 g/mol. The molecule has 0 saturated heterocycles. The average molecular weight is 218 g/mol. The van der Waals surface area contributed by atoms with Gasteiger partial charge in [0, 0.05) is 19.9 Å². The Morgan fingerprint density at radius 1 is 1.38 bits per heavy atom. The Bertz CT molecular complexity index is 476. The molecule has 3 heteroatoms. The van der Waals surface area contributed by atoms with Crippen LogP contribution in [0.5, 0.6) is 0 Å². The van der Waals surface area contributed by atoms with E-state index in [4.69, 9.17) is 10.5 Å². The fraction of sp³-hybridized carbons (Fsp3) is 0.385. The van der Waals surface area contributed by atoms with Crippen molar-refractivity contribution in [2.45, 2.75) is 19.5 Å². The van der Waals surface area contributed by atoms with Crippen molar-refractivity contribution in [2.75, 3.05) is 13.7 Å². The van der Waals surface area contributed by atoms with Crippen LogP contribution in [0.4, 0.5) is 0 Å². The van der Waals surface area contributed by atoms with E-state index < -0.39 is 0 Å². The summed E-state index contributed by atoms with van der Waals surface area (Å²) in [5.74, 6) is 0. The Balaban J connectivity index is 2.53. The lowest BCUT2D eigenvalue weighted by Gasteiger charge is -2.15. The van der Waals surface area contributed by atoms with Crippen molar-refractivity contribution in [3.8, 4) is 0 Å². The molecule has 0 saturated carbocycles. The highest BCUT2D eigenvalue weighted by molar-refractivity contribution is 5.83. The van der Waals surface area contributed by atoms with Crippen molar-refractivity contribution >= 4 is 10.9 Å². The van der Waals surface area contributed by atoms with Crippen LogP contribution >= 0.6 is 0 Å². The minimum Gasteiger partial charge on any atom is -0.383 e. The lowest BCUT2D eigenvalue weighted by Crippen LogP contribution is -2.11. The number of nitrogens with zero attached hydrogens (tertiary/aromatic N) is 1. The molecule has 1 unspecified atom stereocenters. The molecule has 3 nitrogen and oxygen atoms in total. The van der Waals surface area contributed by atoms with Gasteiger partial charge in [-0.3, -0.25) is 0 Å². The summed E-state index contributed by atoms with van der Waals surface area (Å²) in [6, 6.07) is 8.70. The molecular formula is C13H18N2O. The highest BCUT2D eigenvalue weighted by Gasteiger charge is 2.10. The number of ether oxygens (including phenoxy) is 1. The molecule has 16 heavy (non-hydrogen) atoms. The third kappa shape index (κ3) is 1.84. The average Bonchev–Trinajstić information content (AvgIpc) is 2.72. The van der Waals surface area contributed by atoms with Gasteiger partial charge in [0.2, 0.25) is 0 Å². The summed E-state index contributed by atoms with van der Waals surface area (Å²) in [6.45, 7) is 3.43. The van der Waals surface area contributed by atoms with Crippen LogP contribution in [0, 0.1) is 0 Å². The van der Waals surface area contributed by atoms with Crippen LogP contribution in [-0.2, 0) is 11.3 Å². The van der Waals surface area contributed by atoms with Crippen LogP contribution in [0.25, 0.3) is 10.9 Å². The zero-order valence-corrected chi connectivity index (χ0v) is 9.81. The van der Waals surface area contributed by atoms with Crippen LogP contribution in [0.1, 0.15) is 18.5 Å². The van der Waals surface area contributed by atoms with Gasteiger partial charge >= 0.3 is 0 Å². The van der Waals surface area contributed by atoms with Crippen LogP contribution in [-0.4, -0.2) is 18.3 Å². The molecule has 0 aliphatic carbocycles. The number of fused-ring (bicyclic) bond motifs is 1. The second-order valence-corrected chi connectivity index (χ2v) is 4.09. The molecule has 0 spiro atoms. The number of para-hydroxylation sites is 1. The molecule has 0 bridgehead atoms. The van der Waals surface area contributed by atoms with Crippen LogP contribution in [0.3, 0.4) is 0 Å². The van der Waals surface area contributed by atoms with Gasteiger partial charge in [0.25, 0.3) is 0 Å². The zero-order chi connectivity index (χ0) is 11.5. The molecule has 86 valence electrons. The molecule has 0 fully saturated rings. The van der Waals surface area contributed by atoms with Gasteiger partial charge in [0.05, 0.1) is 18.2 Å². The van der Waals surface area contributed by atoms with Gasteiger partial charge in [0.15, 0.2) is 0 Å². The second-order valence-electron chi connectivity index (χ2n) is 4.09. The first-order chi connectivity index (χ1) is 7.77. The quantitative estimate of drug-likeness (QED) is 0.855. The molecule has 0 aliphatic rings. The Hall–Kier alpha value is -1.32. The summed E-state index contributed by atoms with van der Waals surface area (Å²) in [4.78, 5) is 0. The number of hydrogen-bond acceptors (Lipinski definition) is 2. The smallest absolute Gasteiger partial charge is 0.0667 e. The van der Waals surface area contributed by atoms with E-state index in [2.05, 4.69) is 42.0 Å². The first-order valence-corrected chi connectivity index (χ1v) is 5.55. The van der Waals surface area contributed by atoms with Crippen molar-refractivity contribution in [1.82, 2.24) is 4.57 Å². The lowest BCUT2D eigenvalue weighted by atomic mass is 10.1. The van der Waals surface area contributed by atoms with Crippen LogP contribution in [0.2, 0.25) is 0 Å². The first kappa shape index (κ1) is 11.2. The zero-order valence-electron chi connectivity index (χ0n) is 9.81. The third-order valence-corrected chi connectivity index (χ3v) is 2.93. The largest absolute Gasteiger partial charge is 0.383 e. The van der Waals surface area contributed by atoms with E-state index in [9.17, 15) is 0 Å². The third-order valence-electron chi connectivity index (χ3n) is 2.93. The number of nitrogens with two attached hydrogens (primary N) is 1. The number of rotatable bonds is 4. The van der Waals surface area contributed by atoms with E-state index in [1.165, 1.54) is 16.5 Å².